The van der Waals surface area contributed by atoms with E-state index in [0.29, 0.717) is 54.3 Å². The number of carbonyl (C=O) groups is 1. The Labute approximate surface area is 193 Å². The number of hydrogen-bond donors (Lipinski definition) is 2. The van der Waals surface area contributed by atoms with E-state index in [1.54, 1.807) is 24.3 Å². The van der Waals surface area contributed by atoms with Gasteiger partial charge in [-0.2, -0.15) is 0 Å². The Hall–Kier alpha value is -4.44. The molecule has 0 saturated carbocycles. The van der Waals surface area contributed by atoms with Crippen molar-refractivity contribution in [3.05, 3.63) is 76.3 Å². The maximum Gasteiger partial charge on any atom is 0.293 e. The summed E-state index contributed by atoms with van der Waals surface area (Å²) in [6.45, 7) is 2.06. The molecule has 0 unspecified atom stereocenters. The number of anilines is 2. The van der Waals surface area contributed by atoms with Gasteiger partial charge in [0.2, 0.25) is 5.89 Å². The van der Waals surface area contributed by atoms with Crippen LogP contribution >= 0.6 is 0 Å². The van der Waals surface area contributed by atoms with Crippen molar-refractivity contribution in [2.24, 2.45) is 0 Å². The number of phenols is 1. The molecule has 10 nitrogen and oxygen atoms in total. The van der Waals surface area contributed by atoms with E-state index >= 15 is 0 Å². The lowest BCUT2D eigenvalue weighted by Gasteiger charge is -2.28. The van der Waals surface area contributed by atoms with Crippen LogP contribution < -0.4 is 10.2 Å². The quantitative estimate of drug-likeness (QED) is 0.257. The fourth-order valence-electron chi connectivity index (χ4n) is 3.86. The van der Waals surface area contributed by atoms with Crippen LogP contribution in [0.4, 0.5) is 17.1 Å². The van der Waals surface area contributed by atoms with Gasteiger partial charge in [0.15, 0.2) is 5.58 Å². The van der Waals surface area contributed by atoms with Crippen molar-refractivity contribution in [2.45, 2.75) is 0 Å². The highest BCUT2D eigenvalue weighted by Crippen LogP contribution is 2.34. The van der Waals surface area contributed by atoms with Gasteiger partial charge >= 0.3 is 0 Å². The maximum absolute atomic E-state index is 12.9. The molecule has 0 atom stereocenters. The van der Waals surface area contributed by atoms with Gasteiger partial charge in [-0.1, -0.05) is 12.1 Å². The molecule has 5 rings (SSSR count). The van der Waals surface area contributed by atoms with Gasteiger partial charge in [-0.25, -0.2) is 4.98 Å². The second-order valence-corrected chi connectivity index (χ2v) is 7.73. The number of para-hydroxylation sites is 2. The summed E-state index contributed by atoms with van der Waals surface area (Å²) >= 11 is 0. The number of fused-ring (bicyclic) bond motifs is 1. The van der Waals surface area contributed by atoms with Crippen molar-refractivity contribution < 1.29 is 24.0 Å². The summed E-state index contributed by atoms with van der Waals surface area (Å²) in [6, 6.07) is 16.1. The zero-order valence-electron chi connectivity index (χ0n) is 17.9. The van der Waals surface area contributed by atoms with E-state index < -0.39 is 10.8 Å². The van der Waals surface area contributed by atoms with Crippen LogP contribution in [0, 0.1) is 10.1 Å². The molecule has 3 aromatic carbocycles. The predicted molar refractivity (Wildman–Crippen MR) is 125 cm³/mol. The fraction of sp³-hybridized carbons (Fsp3) is 0.167. The molecule has 1 saturated heterocycles. The first kappa shape index (κ1) is 21.4. The van der Waals surface area contributed by atoms with E-state index in [2.05, 4.69) is 10.3 Å². The normalized spacial score (nSPS) is 13.7. The molecule has 1 amide bonds. The Morgan fingerprint density at radius 2 is 1.88 bits per heavy atom. The van der Waals surface area contributed by atoms with Crippen molar-refractivity contribution in [3.63, 3.8) is 0 Å². The lowest BCUT2D eigenvalue weighted by Crippen LogP contribution is -2.36. The number of morpholine rings is 1. The van der Waals surface area contributed by atoms with Crippen molar-refractivity contribution in [1.82, 2.24) is 4.98 Å². The first-order chi connectivity index (χ1) is 16.5. The number of nitrogens with one attached hydrogen (secondary N) is 1. The van der Waals surface area contributed by atoms with Crippen molar-refractivity contribution >= 4 is 34.1 Å². The number of amides is 1. The number of phenolic OH excluding ortho intramolecular Hbond substituents is 1. The third-order valence-corrected chi connectivity index (χ3v) is 5.56. The number of carbonyl (C=O) groups excluding carboxylic acids is 1. The van der Waals surface area contributed by atoms with Crippen LogP contribution in [0.3, 0.4) is 0 Å². The SMILES string of the molecule is O=C(Nc1ccc(O)c(-c2nc3ccccc3o2)c1)c1ccc(N2CCOCC2)c([N+](=O)[O-])c1. The predicted octanol–water partition coefficient (Wildman–Crippen LogP) is 4.20. The van der Waals surface area contributed by atoms with Crippen LogP contribution in [0.2, 0.25) is 0 Å². The molecule has 10 heteroatoms. The molecule has 4 aromatic rings. The van der Waals surface area contributed by atoms with Gasteiger partial charge in [0.05, 0.1) is 23.7 Å². The van der Waals surface area contributed by atoms with Gasteiger partial charge in [-0.15, -0.1) is 0 Å². The zero-order valence-corrected chi connectivity index (χ0v) is 17.9. The number of aromatic nitrogens is 1. The van der Waals surface area contributed by atoms with Crippen LogP contribution in [-0.2, 0) is 4.74 Å². The van der Waals surface area contributed by atoms with E-state index in [4.69, 9.17) is 9.15 Å². The number of hydrogen-bond acceptors (Lipinski definition) is 8. The summed E-state index contributed by atoms with van der Waals surface area (Å²) in [7, 11) is 0. The number of oxazole rings is 1. The second-order valence-electron chi connectivity index (χ2n) is 7.73. The third kappa shape index (κ3) is 4.14. The molecule has 1 fully saturated rings. The van der Waals surface area contributed by atoms with Gasteiger partial charge in [-0.3, -0.25) is 14.9 Å². The first-order valence-corrected chi connectivity index (χ1v) is 10.6. The van der Waals surface area contributed by atoms with Crippen LogP contribution in [0.25, 0.3) is 22.6 Å². The van der Waals surface area contributed by atoms with Gasteiger partial charge in [0, 0.05) is 30.4 Å². The summed E-state index contributed by atoms with van der Waals surface area (Å²) in [5.41, 5.74) is 2.33. The topological polar surface area (TPSA) is 131 Å². The molecular weight excluding hydrogens is 440 g/mol. The third-order valence-electron chi connectivity index (χ3n) is 5.56. The lowest BCUT2D eigenvalue weighted by molar-refractivity contribution is -0.384. The van der Waals surface area contributed by atoms with E-state index in [0.717, 1.165) is 0 Å². The standard InChI is InChI=1S/C24H20N4O6/c29-21-8-6-16(14-17(21)24-26-18-3-1-2-4-22(18)34-24)25-23(30)15-5-7-19(20(13-15)28(31)32)27-9-11-33-12-10-27/h1-8,13-14,29H,9-12H2,(H,25,30). The highest BCUT2D eigenvalue weighted by molar-refractivity contribution is 6.05. The van der Waals surface area contributed by atoms with Crippen LogP contribution in [0.15, 0.2) is 65.1 Å². The van der Waals surface area contributed by atoms with Gasteiger partial charge in [0.25, 0.3) is 11.6 Å². The van der Waals surface area contributed by atoms with Crippen molar-refractivity contribution in [1.29, 1.82) is 0 Å². The average Bonchev–Trinajstić information content (AvgIpc) is 3.29. The van der Waals surface area contributed by atoms with Crippen LogP contribution in [0.1, 0.15) is 10.4 Å². The number of ether oxygens (including phenoxy) is 1. The fourth-order valence-corrected chi connectivity index (χ4v) is 3.86. The molecule has 0 aliphatic carbocycles. The summed E-state index contributed by atoms with van der Waals surface area (Å²) in [5.74, 6) is -0.374. The number of rotatable bonds is 5. The molecule has 0 radical (unpaired) electrons. The number of nitro benzene ring substituents is 1. The summed E-state index contributed by atoms with van der Waals surface area (Å²) in [4.78, 5) is 30.3. The van der Waals surface area contributed by atoms with Gasteiger partial charge < -0.3 is 24.5 Å². The molecule has 1 aliphatic rings. The Balaban J connectivity index is 1.41. The zero-order chi connectivity index (χ0) is 23.7. The molecule has 2 N–H and O–H groups in total. The van der Waals surface area contributed by atoms with Crippen molar-refractivity contribution in [3.8, 4) is 17.2 Å². The van der Waals surface area contributed by atoms with Crippen LogP contribution in [0.5, 0.6) is 5.75 Å². The lowest BCUT2D eigenvalue weighted by atomic mass is 10.1. The molecule has 1 aliphatic heterocycles. The van der Waals surface area contributed by atoms with Gasteiger partial charge in [0.1, 0.15) is 17.0 Å². The Bertz CT molecular complexity index is 1360. The molecule has 2 heterocycles. The smallest absolute Gasteiger partial charge is 0.293 e. The molecular formula is C24H20N4O6. The highest BCUT2D eigenvalue weighted by Gasteiger charge is 2.23. The molecule has 1 aromatic heterocycles. The van der Waals surface area contributed by atoms with E-state index in [-0.39, 0.29) is 22.9 Å². The molecule has 172 valence electrons. The summed E-state index contributed by atoms with van der Waals surface area (Å²) in [6.07, 6.45) is 0. The van der Waals surface area contributed by atoms with E-state index in [9.17, 15) is 20.0 Å². The minimum absolute atomic E-state index is 0.0601. The molecule has 34 heavy (non-hydrogen) atoms. The van der Waals surface area contributed by atoms with E-state index in [1.807, 2.05) is 17.0 Å². The highest BCUT2D eigenvalue weighted by atomic mass is 16.6. The largest absolute Gasteiger partial charge is 0.507 e. The van der Waals surface area contributed by atoms with Crippen molar-refractivity contribution in [2.75, 3.05) is 36.5 Å². The minimum atomic E-state index is -0.522. The molecule has 0 spiro atoms. The maximum atomic E-state index is 12.9. The Kier molecular flexibility index (Phi) is 5.56. The number of nitrogens with zero attached hydrogens (tertiary/aromatic N) is 3. The summed E-state index contributed by atoms with van der Waals surface area (Å²) in [5, 5.41) is 24.7. The Morgan fingerprint density at radius 1 is 1.09 bits per heavy atom. The second kappa shape index (κ2) is 8.83. The Morgan fingerprint density at radius 3 is 2.65 bits per heavy atom. The van der Waals surface area contributed by atoms with E-state index in [1.165, 1.54) is 24.3 Å². The average molecular weight is 460 g/mol. The molecule has 0 bridgehead atoms. The summed E-state index contributed by atoms with van der Waals surface area (Å²) < 4.78 is 11.0. The minimum Gasteiger partial charge on any atom is -0.507 e. The number of benzene rings is 3. The number of aromatic hydroxyl groups is 1. The van der Waals surface area contributed by atoms with Crippen LogP contribution in [-0.4, -0.2) is 47.2 Å². The van der Waals surface area contributed by atoms with Gasteiger partial charge in [-0.05, 0) is 42.5 Å². The monoisotopic (exact) mass is 460 g/mol. The first-order valence-electron chi connectivity index (χ1n) is 10.6. The number of nitro groups is 1.